The Hall–Kier alpha value is -0.540. The molecule has 0 spiro atoms. The summed E-state index contributed by atoms with van der Waals surface area (Å²) in [6.07, 6.45) is 2.53. The maximum atomic E-state index is 8.62. The molecule has 0 aliphatic carbocycles. The number of allylic oxidation sites excluding steroid dienone is 1. The van der Waals surface area contributed by atoms with Gasteiger partial charge in [-0.2, -0.15) is 0 Å². The Balaban J connectivity index is 2.29. The van der Waals surface area contributed by atoms with Crippen molar-refractivity contribution in [2.45, 2.75) is 25.9 Å². The van der Waals surface area contributed by atoms with Crippen molar-refractivity contribution in [1.82, 2.24) is 4.90 Å². The minimum absolute atomic E-state index is 0.115. The predicted octanol–water partition coefficient (Wildman–Crippen LogP) is 0.993. The van der Waals surface area contributed by atoms with Crippen molar-refractivity contribution < 1.29 is 9.84 Å². The van der Waals surface area contributed by atoms with E-state index in [2.05, 4.69) is 11.5 Å². The molecule has 13 heavy (non-hydrogen) atoms. The third-order valence-corrected chi connectivity index (χ3v) is 2.36. The van der Waals surface area contributed by atoms with Gasteiger partial charge in [-0.15, -0.1) is 0 Å². The Bertz CT molecular complexity index is 170. The smallest absolute Gasteiger partial charge is 0.0751 e. The van der Waals surface area contributed by atoms with Gasteiger partial charge >= 0.3 is 0 Å². The molecule has 0 aromatic heterocycles. The van der Waals surface area contributed by atoms with Crippen LogP contribution in [0, 0.1) is 0 Å². The van der Waals surface area contributed by atoms with E-state index < -0.39 is 0 Å². The lowest BCUT2D eigenvalue weighted by Gasteiger charge is -2.34. The molecule has 76 valence electrons. The summed E-state index contributed by atoms with van der Waals surface area (Å²) in [6, 6.07) is 0. The summed E-state index contributed by atoms with van der Waals surface area (Å²) < 4.78 is 5.48. The zero-order chi connectivity index (χ0) is 9.68. The second-order valence-corrected chi connectivity index (χ2v) is 3.54. The van der Waals surface area contributed by atoms with E-state index in [0.29, 0.717) is 6.61 Å². The van der Waals surface area contributed by atoms with Crippen LogP contribution in [0.5, 0.6) is 0 Å². The Labute approximate surface area is 80.0 Å². The van der Waals surface area contributed by atoms with Crippen molar-refractivity contribution in [2.75, 3.05) is 26.3 Å². The number of ether oxygens (including phenoxy) is 1. The number of aliphatic hydroxyl groups excluding tert-OH is 1. The van der Waals surface area contributed by atoms with Crippen LogP contribution in [0.1, 0.15) is 19.8 Å². The number of nitrogens with zero attached hydrogens (tertiary/aromatic N) is 1. The Morgan fingerprint density at radius 2 is 2.46 bits per heavy atom. The van der Waals surface area contributed by atoms with Crippen molar-refractivity contribution in [3.8, 4) is 0 Å². The molecule has 0 aromatic carbocycles. The molecular formula is C10H19NO2. The molecule has 1 rings (SSSR count). The minimum atomic E-state index is 0.115. The van der Waals surface area contributed by atoms with Crippen molar-refractivity contribution in [3.63, 3.8) is 0 Å². The molecular weight excluding hydrogens is 166 g/mol. The summed E-state index contributed by atoms with van der Waals surface area (Å²) in [7, 11) is 0. The summed E-state index contributed by atoms with van der Waals surface area (Å²) in [5.41, 5.74) is 1.11. The summed E-state index contributed by atoms with van der Waals surface area (Å²) in [5.74, 6) is 0. The zero-order valence-electron chi connectivity index (χ0n) is 8.33. The highest BCUT2D eigenvalue weighted by atomic mass is 16.5. The van der Waals surface area contributed by atoms with E-state index in [9.17, 15) is 0 Å². The highest BCUT2D eigenvalue weighted by Crippen LogP contribution is 2.16. The first-order chi connectivity index (χ1) is 6.24. The molecule has 1 fully saturated rings. The van der Waals surface area contributed by atoms with Gasteiger partial charge in [0.1, 0.15) is 0 Å². The van der Waals surface area contributed by atoms with E-state index >= 15 is 0 Å². The molecule has 1 heterocycles. The second-order valence-electron chi connectivity index (χ2n) is 3.54. The lowest BCUT2D eigenvalue weighted by atomic mass is 10.1. The van der Waals surface area contributed by atoms with E-state index in [1.807, 2.05) is 6.92 Å². The zero-order valence-corrected chi connectivity index (χ0v) is 8.33. The first-order valence-corrected chi connectivity index (χ1v) is 4.87. The number of hydrogen-bond acceptors (Lipinski definition) is 3. The van der Waals surface area contributed by atoms with E-state index in [0.717, 1.165) is 31.6 Å². The first-order valence-electron chi connectivity index (χ1n) is 4.87. The number of rotatable bonds is 4. The van der Waals surface area contributed by atoms with Crippen LogP contribution in [0.4, 0.5) is 0 Å². The van der Waals surface area contributed by atoms with E-state index in [4.69, 9.17) is 9.84 Å². The summed E-state index contributed by atoms with van der Waals surface area (Å²) in [6.45, 7) is 8.52. The highest BCUT2D eigenvalue weighted by molar-refractivity contribution is 4.92. The first kappa shape index (κ1) is 10.5. The Morgan fingerprint density at radius 3 is 3.08 bits per heavy atom. The summed E-state index contributed by atoms with van der Waals surface area (Å²) in [4.78, 5) is 2.24. The number of likely N-dealkylation sites (tertiary alicyclic amines) is 1. The fourth-order valence-corrected chi connectivity index (χ4v) is 1.64. The fourth-order valence-electron chi connectivity index (χ4n) is 1.64. The maximum Gasteiger partial charge on any atom is 0.0751 e. The monoisotopic (exact) mass is 185 g/mol. The van der Waals surface area contributed by atoms with Crippen molar-refractivity contribution >= 4 is 0 Å². The van der Waals surface area contributed by atoms with E-state index in [1.54, 1.807) is 0 Å². The molecule has 1 aliphatic rings. The van der Waals surface area contributed by atoms with Crippen LogP contribution in [-0.4, -0.2) is 42.4 Å². The van der Waals surface area contributed by atoms with Gasteiger partial charge < -0.3 is 14.7 Å². The maximum absolute atomic E-state index is 8.62. The van der Waals surface area contributed by atoms with Gasteiger partial charge in [0.05, 0.1) is 19.3 Å². The molecule has 1 N–H and O–H groups in total. The van der Waals surface area contributed by atoms with Crippen molar-refractivity contribution in [3.05, 3.63) is 12.3 Å². The van der Waals surface area contributed by atoms with Gasteiger partial charge in [-0.1, -0.05) is 6.58 Å². The molecule has 0 radical (unpaired) electrons. The quantitative estimate of drug-likeness (QED) is 0.709. The molecule has 1 aliphatic heterocycles. The second kappa shape index (κ2) is 5.25. The number of piperidine rings is 1. The lowest BCUT2D eigenvalue weighted by molar-refractivity contribution is -0.00701. The standard InChI is InChI=1S/C10H19NO2/c1-9(2)11-5-3-4-10(8-11)13-7-6-12/h10,12H,1,3-8H2,2H3. The minimum Gasteiger partial charge on any atom is -0.394 e. The lowest BCUT2D eigenvalue weighted by Crippen LogP contribution is -2.38. The largest absolute Gasteiger partial charge is 0.394 e. The van der Waals surface area contributed by atoms with Crippen LogP contribution in [0.3, 0.4) is 0 Å². The van der Waals surface area contributed by atoms with Gasteiger partial charge in [0.25, 0.3) is 0 Å². The third-order valence-electron chi connectivity index (χ3n) is 2.36. The van der Waals surface area contributed by atoms with Gasteiger partial charge in [0, 0.05) is 18.8 Å². The highest BCUT2D eigenvalue weighted by Gasteiger charge is 2.19. The van der Waals surface area contributed by atoms with Crippen LogP contribution in [0.15, 0.2) is 12.3 Å². The van der Waals surface area contributed by atoms with Crippen molar-refractivity contribution in [2.24, 2.45) is 0 Å². The molecule has 3 heteroatoms. The van der Waals surface area contributed by atoms with Gasteiger partial charge in [0.2, 0.25) is 0 Å². The van der Waals surface area contributed by atoms with Crippen molar-refractivity contribution in [1.29, 1.82) is 0 Å². The topological polar surface area (TPSA) is 32.7 Å². The molecule has 0 bridgehead atoms. The molecule has 3 nitrogen and oxygen atoms in total. The average Bonchev–Trinajstić information content (AvgIpc) is 2.15. The molecule has 0 amide bonds. The predicted molar refractivity (Wildman–Crippen MR) is 52.4 cm³/mol. The Kier molecular flexibility index (Phi) is 4.25. The molecule has 0 saturated carbocycles. The number of hydrogen-bond donors (Lipinski definition) is 1. The van der Waals surface area contributed by atoms with E-state index in [1.165, 1.54) is 0 Å². The van der Waals surface area contributed by atoms with Crippen LogP contribution in [0.25, 0.3) is 0 Å². The van der Waals surface area contributed by atoms with Gasteiger partial charge in [-0.25, -0.2) is 0 Å². The molecule has 1 atom stereocenters. The van der Waals surface area contributed by atoms with E-state index in [-0.39, 0.29) is 12.7 Å². The van der Waals surface area contributed by atoms with Crippen LogP contribution in [0.2, 0.25) is 0 Å². The molecule has 0 aromatic rings. The van der Waals surface area contributed by atoms with Gasteiger partial charge in [-0.3, -0.25) is 0 Å². The van der Waals surface area contributed by atoms with Crippen LogP contribution >= 0.6 is 0 Å². The normalized spacial score (nSPS) is 23.2. The Morgan fingerprint density at radius 1 is 1.69 bits per heavy atom. The summed E-state index contributed by atoms with van der Waals surface area (Å²) in [5, 5.41) is 8.62. The number of aliphatic hydroxyl groups is 1. The van der Waals surface area contributed by atoms with Crippen LogP contribution < -0.4 is 0 Å². The molecule has 1 unspecified atom stereocenters. The van der Waals surface area contributed by atoms with Gasteiger partial charge in [-0.05, 0) is 19.8 Å². The third kappa shape index (κ3) is 3.36. The van der Waals surface area contributed by atoms with Gasteiger partial charge in [0.15, 0.2) is 0 Å². The fraction of sp³-hybridized carbons (Fsp3) is 0.800. The van der Waals surface area contributed by atoms with Crippen LogP contribution in [-0.2, 0) is 4.74 Å². The average molecular weight is 185 g/mol. The summed E-state index contributed by atoms with van der Waals surface area (Å²) >= 11 is 0. The SMILES string of the molecule is C=C(C)N1CCCC(OCCO)C1. The molecule has 1 saturated heterocycles.